The first kappa shape index (κ1) is 10.1. The Labute approximate surface area is 90.7 Å². The molecule has 2 aromatic heterocycles. The molecular weight excluding hydrogens is 212 g/mol. The van der Waals surface area contributed by atoms with E-state index in [-0.39, 0.29) is 0 Å². The summed E-state index contributed by atoms with van der Waals surface area (Å²) in [7, 11) is 0. The van der Waals surface area contributed by atoms with E-state index in [1.807, 2.05) is 6.92 Å². The van der Waals surface area contributed by atoms with E-state index in [1.54, 1.807) is 12.4 Å². The van der Waals surface area contributed by atoms with Crippen molar-refractivity contribution in [2.24, 2.45) is 5.73 Å². The predicted octanol–water partition coefficient (Wildman–Crippen LogP) is 0.513. The Morgan fingerprint density at radius 3 is 2.87 bits per heavy atom. The Balaban J connectivity index is 2.23. The highest BCUT2D eigenvalue weighted by atomic mass is 32.2. The van der Waals surface area contributed by atoms with Crippen LogP contribution in [-0.2, 0) is 6.54 Å². The fraction of sp³-hybridized carbons (Fsp3) is 0.250. The Morgan fingerprint density at radius 1 is 1.40 bits per heavy atom. The molecule has 15 heavy (non-hydrogen) atoms. The average molecular weight is 222 g/mol. The van der Waals surface area contributed by atoms with E-state index < -0.39 is 0 Å². The molecule has 0 bridgehead atoms. The SMILES string of the molecule is Cc1nc(Sc2nccnc2CN)n[nH]1. The number of H-pyrrole nitrogens is 1. The lowest BCUT2D eigenvalue weighted by Crippen LogP contribution is -2.02. The minimum atomic E-state index is 0.361. The first-order valence-electron chi connectivity index (χ1n) is 4.36. The summed E-state index contributed by atoms with van der Waals surface area (Å²) in [5, 5.41) is 8.15. The number of aromatic amines is 1. The van der Waals surface area contributed by atoms with Crippen molar-refractivity contribution < 1.29 is 0 Å². The minimum Gasteiger partial charge on any atom is -0.325 e. The van der Waals surface area contributed by atoms with E-state index >= 15 is 0 Å². The van der Waals surface area contributed by atoms with E-state index in [9.17, 15) is 0 Å². The third-order valence-corrected chi connectivity index (χ3v) is 2.59. The molecule has 0 saturated heterocycles. The summed E-state index contributed by atoms with van der Waals surface area (Å²) in [4.78, 5) is 12.5. The van der Waals surface area contributed by atoms with Gasteiger partial charge in [-0.05, 0) is 18.7 Å². The van der Waals surface area contributed by atoms with Gasteiger partial charge in [-0.2, -0.15) is 0 Å². The molecule has 0 saturated carbocycles. The number of nitrogens with zero attached hydrogens (tertiary/aromatic N) is 4. The topological polar surface area (TPSA) is 93.4 Å². The smallest absolute Gasteiger partial charge is 0.214 e. The monoisotopic (exact) mass is 222 g/mol. The summed E-state index contributed by atoms with van der Waals surface area (Å²) in [6.07, 6.45) is 3.25. The third-order valence-electron chi connectivity index (χ3n) is 1.69. The van der Waals surface area contributed by atoms with Crippen LogP contribution in [0.5, 0.6) is 0 Å². The molecule has 2 aromatic rings. The number of nitrogens with two attached hydrogens (primary N) is 1. The van der Waals surface area contributed by atoms with E-state index in [4.69, 9.17) is 5.73 Å². The van der Waals surface area contributed by atoms with E-state index in [1.165, 1.54) is 11.8 Å². The van der Waals surface area contributed by atoms with Gasteiger partial charge in [-0.3, -0.25) is 10.1 Å². The van der Waals surface area contributed by atoms with Crippen LogP contribution in [0.3, 0.4) is 0 Å². The van der Waals surface area contributed by atoms with Crippen LogP contribution in [0.1, 0.15) is 11.5 Å². The molecule has 0 amide bonds. The first-order chi connectivity index (χ1) is 7.29. The van der Waals surface area contributed by atoms with Crippen molar-refractivity contribution >= 4 is 11.8 Å². The number of aromatic nitrogens is 5. The van der Waals surface area contributed by atoms with Gasteiger partial charge in [0.1, 0.15) is 10.9 Å². The highest BCUT2D eigenvalue weighted by Crippen LogP contribution is 2.23. The van der Waals surface area contributed by atoms with Crippen LogP contribution in [0.4, 0.5) is 0 Å². The van der Waals surface area contributed by atoms with Gasteiger partial charge in [0.25, 0.3) is 0 Å². The van der Waals surface area contributed by atoms with Crippen molar-refractivity contribution in [2.45, 2.75) is 23.7 Å². The van der Waals surface area contributed by atoms with Gasteiger partial charge in [0, 0.05) is 18.9 Å². The number of hydrogen-bond acceptors (Lipinski definition) is 6. The predicted molar refractivity (Wildman–Crippen MR) is 55.2 cm³/mol. The van der Waals surface area contributed by atoms with Crippen molar-refractivity contribution in [3.63, 3.8) is 0 Å². The fourth-order valence-electron chi connectivity index (χ4n) is 1.03. The van der Waals surface area contributed by atoms with Gasteiger partial charge < -0.3 is 5.73 Å². The highest BCUT2D eigenvalue weighted by Gasteiger charge is 2.08. The second kappa shape index (κ2) is 4.37. The standard InChI is InChI=1S/C8H10N6S/c1-5-12-8(14-13-5)15-7-6(4-9)10-2-3-11-7/h2-3H,4,9H2,1H3,(H,12,13,14). The molecule has 0 radical (unpaired) electrons. The zero-order valence-corrected chi connectivity index (χ0v) is 8.95. The maximum atomic E-state index is 5.55. The maximum absolute atomic E-state index is 5.55. The molecule has 6 nitrogen and oxygen atoms in total. The Hall–Kier alpha value is -1.47. The van der Waals surface area contributed by atoms with Crippen molar-refractivity contribution in [2.75, 3.05) is 0 Å². The number of aryl methyl sites for hydroxylation is 1. The molecule has 78 valence electrons. The van der Waals surface area contributed by atoms with E-state index in [0.29, 0.717) is 11.7 Å². The molecule has 0 unspecified atom stereocenters. The van der Waals surface area contributed by atoms with Crippen molar-refractivity contribution in [1.29, 1.82) is 0 Å². The van der Waals surface area contributed by atoms with Gasteiger partial charge in [-0.15, -0.1) is 5.10 Å². The second-order valence-corrected chi connectivity index (χ2v) is 3.77. The molecule has 0 fully saturated rings. The lowest BCUT2D eigenvalue weighted by atomic mass is 10.5. The molecule has 0 spiro atoms. The normalized spacial score (nSPS) is 10.5. The van der Waals surface area contributed by atoms with Gasteiger partial charge in [0.2, 0.25) is 5.16 Å². The quantitative estimate of drug-likeness (QED) is 0.786. The van der Waals surface area contributed by atoms with Gasteiger partial charge in [-0.1, -0.05) is 0 Å². The minimum absolute atomic E-state index is 0.361. The molecule has 2 heterocycles. The maximum Gasteiger partial charge on any atom is 0.214 e. The third kappa shape index (κ3) is 2.31. The molecule has 0 aliphatic rings. The lowest BCUT2D eigenvalue weighted by molar-refractivity contribution is 0.879. The lowest BCUT2D eigenvalue weighted by Gasteiger charge is -2.00. The van der Waals surface area contributed by atoms with Crippen molar-refractivity contribution in [1.82, 2.24) is 25.1 Å². The largest absolute Gasteiger partial charge is 0.325 e. The fourth-order valence-corrected chi connectivity index (χ4v) is 1.85. The van der Waals surface area contributed by atoms with Crippen LogP contribution in [0.2, 0.25) is 0 Å². The number of nitrogens with one attached hydrogen (secondary N) is 1. The van der Waals surface area contributed by atoms with Crippen LogP contribution < -0.4 is 5.73 Å². The van der Waals surface area contributed by atoms with E-state index in [0.717, 1.165) is 16.5 Å². The summed E-state index contributed by atoms with van der Waals surface area (Å²) in [5.74, 6) is 0.774. The van der Waals surface area contributed by atoms with Crippen LogP contribution in [-0.4, -0.2) is 25.1 Å². The van der Waals surface area contributed by atoms with Gasteiger partial charge in [0.15, 0.2) is 0 Å². The van der Waals surface area contributed by atoms with Gasteiger partial charge >= 0.3 is 0 Å². The molecule has 0 aromatic carbocycles. The van der Waals surface area contributed by atoms with Crippen LogP contribution in [0, 0.1) is 6.92 Å². The highest BCUT2D eigenvalue weighted by molar-refractivity contribution is 7.99. The summed E-state index contributed by atoms with van der Waals surface area (Å²) in [6, 6.07) is 0. The summed E-state index contributed by atoms with van der Waals surface area (Å²) >= 11 is 1.35. The molecule has 0 aliphatic heterocycles. The van der Waals surface area contributed by atoms with Crippen molar-refractivity contribution in [3.05, 3.63) is 23.9 Å². The summed E-state index contributed by atoms with van der Waals surface area (Å²) < 4.78 is 0. The van der Waals surface area contributed by atoms with Crippen LogP contribution >= 0.6 is 11.8 Å². The Bertz CT molecular complexity index is 454. The van der Waals surface area contributed by atoms with Crippen molar-refractivity contribution in [3.8, 4) is 0 Å². The summed E-state index contributed by atoms with van der Waals surface area (Å²) in [5.41, 5.74) is 6.30. The molecular formula is C8H10N6S. The molecule has 3 N–H and O–H groups in total. The second-order valence-electron chi connectivity index (χ2n) is 2.82. The molecule has 7 heteroatoms. The first-order valence-corrected chi connectivity index (χ1v) is 5.18. The van der Waals surface area contributed by atoms with E-state index in [2.05, 4.69) is 25.1 Å². The van der Waals surface area contributed by atoms with Gasteiger partial charge in [0.05, 0.1) is 5.69 Å². The van der Waals surface area contributed by atoms with Gasteiger partial charge in [-0.25, -0.2) is 9.97 Å². The Morgan fingerprint density at radius 2 is 2.20 bits per heavy atom. The molecule has 0 aliphatic carbocycles. The Kier molecular flexibility index (Phi) is 2.93. The average Bonchev–Trinajstić information content (AvgIpc) is 2.65. The van der Waals surface area contributed by atoms with Crippen LogP contribution in [0.25, 0.3) is 0 Å². The zero-order valence-electron chi connectivity index (χ0n) is 8.14. The number of rotatable bonds is 3. The number of hydrogen-bond donors (Lipinski definition) is 2. The molecule has 2 rings (SSSR count). The van der Waals surface area contributed by atoms with Crippen LogP contribution in [0.15, 0.2) is 22.6 Å². The summed E-state index contributed by atoms with van der Waals surface area (Å²) in [6.45, 7) is 2.21. The zero-order chi connectivity index (χ0) is 10.7. The molecule has 0 atom stereocenters.